The molecule has 1 heterocycles. The highest BCUT2D eigenvalue weighted by atomic mass is 35.5. The molecular weight excluding hydrogens is 398 g/mol. The summed E-state index contributed by atoms with van der Waals surface area (Å²) in [7, 11) is 0. The van der Waals surface area contributed by atoms with Crippen LogP contribution in [0.4, 0.5) is 0 Å². The molecule has 0 bridgehead atoms. The first-order valence-electron chi connectivity index (χ1n) is 7.28. The summed E-state index contributed by atoms with van der Waals surface area (Å²) in [6.45, 7) is 0. The zero-order chi connectivity index (χ0) is 18.0. The number of hydrogen-bond acceptors (Lipinski definition) is 2. The Morgan fingerprint density at radius 1 is 0.760 bits per heavy atom. The van der Waals surface area contributed by atoms with Crippen LogP contribution in [-0.4, -0.2) is 4.98 Å². The minimum Gasteiger partial charge on any atom is -0.251 e. The van der Waals surface area contributed by atoms with Crippen LogP contribution in [0.15, 0.2) is 48.5 Å². The van der Waals surface area contributed by atoms with E-state index in [-0.39, 0.29) is 6.42 Å². The van der Waals surface area contributed by atoms with Crippen LogP contribution in [0.3, 0.4) is 0 Å². The Balaban J connectivity index is 2.23. The van der Waals surface area contributed by atoms with Gasteiger partial charge in [-0.2, -0.15) is 5.26 Å². The summed E-state index contributed by atoms with van der Waals surface area (Å²) in [6, 6.07) is 16.3. The first-order chi connectivity index (χ1) is 12.0. The van der Waals surface area contributed by atoms with Crippen molar-refractivity contribution in [3.8, 4) is 28.5 Å². The van der Waals surface area contributed by atoms with Gasteiger partial charge >= 0.3 is 0 Å². The fourth-order valence-corrected chi connectivity index (χ4v) is 3.77. The quantitative estimate of drug-likeness (QED) is 0.464. The number of hydrogen-bond donors (Lipinski definition) is 0. The maximum Gasteiger partial charge on any atom is 0.0781 e. The monoisotopic (exact) mass is 406 g/mol. The first kappa shape index (κ1) is 18.0. The zero-order valence-corrected chi connectivity index (χ0v) is 15.8. The molecule has 0 spiro atoms. The lowest BCUT2D eigenvalue weighted by Gasteiger charge is -2.13. The molecular formula is C19H10Cl4N2. The van der Waals surface area contributed by atoms with Gasteiger partial charge in [-0.25, -0.2) is 0 Å². The van der Waals surface area contributed by atoms with Gasteiger partial charge in [-0.3, -0.25) is 4.98 Å². The molecule has 3 rings (SSSR count). The molecule has 0 amide bonds. The Morgan fingerprint density at radius 3 is 1.80 bits per heavy atom. The molecule has 0 aliphatic carbocycles. The molecule has 0 aliphatic heterocycles. The smallest absolute Gasteiger partial charge is 0.0781 e. The molecule has 25 heavy (non-hydrogen) atoms. The summed E-state index contributed by atoms with van der Waals surface area (Å²) in [6.07, 6.45) is 0.104. The summed E-state index contributed by atoms with van der Waals surface area (Å²) in [5.41, 5.74) is 3.14. The van der Waals surface area contributed by atoms with Gasteiger partial charge in [0.05, 0.1) is 33.9 Å². The number of aromatic nitrogens is 1. The Kier molecular flexibility index (Phi) is 5.51. The standard InChI is InChI=1S/C19H10Cl4N2/c20-12-3-1-4-13(21)18(12)11-7-8-17(25-16(11)9-10-24)19-14(22)5-2-6-15(19)23/h1-8H,9H2. The molecule has 0 aliphatic rings. The minimum atomic E-state index is 0.104. The van der Waals surface area contributed by atoms with E-state index in [2.05, 4.69) is 11.1 Å². The van der Waals surface area contributed by atoms with E-state index in [4.69, 9.17) is 46.4 Å². The fourth-order valence-electron chi connectivity index (χ4n) is 2.58. The van der Waals surface area contributed by atoms with Gasteiger partial charge in [0, 0.05) is 26.7 Å². The van der Waals surface area contributed by atoms with Gasteiger partial charge in [0.1, 0.15) is 0 Å². The van der Waals surface area contributed by atoms with Crippen molar-refractivity contribution in [3.05, 3.63) is 74.3 Å². The SMILES string of the molecule is N#CCc1nc(-c2c(Cl)cccc2Cl)ccc1-c1c(Cl)cccc1Cl. The largest absolute Gasteiger partial charge is 0.251 e. The third-order valence-corrected chi connectivity index (χ3v) is 4.93. The molecule has 0 saturated heterocycles. The normalized spacial score (nSPS) is 10.5. The van der Waals surface area contributed by atoms with E-state index in [0.29, 0.717) is 48.2 Å². The highest BCUT2D eigenvalue weighted by Crippen LogP contribution is 2.39. The topological polar surface area (TPSA) is 36.7 Å². The second kappa shape index (κ2) is 7.64. The number of halogens is 4. The van der Waals surface area contributed by atoms with E-state index in [1.807, 2.05) is 6.07 Å². The maximum atomic E-state index is 9.19. The minimum absolute atomic E-state index is 0.104. The van der Waals surface area contributed by atoms with Crippen molar-refractivity contribution in [2.75, 3.05) is 0 Å². The molecule has 0 atom stereocenters. The van der Waals surface area contributed by atoms with Gasteiger partial charge < -0.3 is 0 Å². The van der Waals surface area contributed by atoms with Crippen molar-refractivity contribution >= 4 is 46.4 Å². The molecule has 0 saturated carbocycles. The fraction of sp³-hybridized carbons (Fsp3) is 0.0526. The maximum absolute atomic E-state index is 9.19. The summed E-state index contributed by atoms with van der Waals surface area (Å²) in [5, 5.41) is 11.2. The summed E-state index contributed by atoms with van der Waals surface area (Å²) < 4.78 is 0. The molecule has 2 aromatic carbocycles. The third kappa shape index (κ3) is 3.61. The van der Waals surface area contributed by atoms with Crippen molar-refractivity contribution in [3.63, 3.8) is 0 Å². The van der Waals surface area contributed by atoms with Gasteiger partial charge in [-0.05, 0) is 30.3 Å². The Labute approximate surface area is 165 Å². The molecule has 124 valence electrons. The van der Waals surface area contributed by atoms with Gasteiger partial charge in [-0.15, -0.1) is 0 Å². The van der Waals surface area contributed by atoms with Gasteiger partial charge in [-0.1, -0.05) is 64.6 Å². The number of pyridine rings is 1. The van der Waals surface area contributed by atoms with Crippen molar-refractivity contribution < 1.29 is 0 Å². The summed E-state index contributed by atoms with van der Waals surface area (Å²) in [4.78, 5) is 4.60. The van der Waals surface area contributed by atoms with Gasteiger partial charge in [0.2, 0.25) is 0 Å². The van der Waals surface area contributed by atoms with Gasteiger partial charge in [0.25, 0.3) is 0 Å². The highest BCUT2D eigenvalue weighted by molar-refractivity contribution is 6.40. The third-order valence-electron chi connectivity index (χ3n) is 3.67. The van der Waals surface area contributed by atoms with Crippen LogP contribution in [0.25, 0.3) is 22.4 Å². The van der Waals surface area contributed by atoms with Crippen LogP contribution in [0, 0.1) is 11.3 Å². The van der Waals surface area contributed by atoms with Crippen LogP contribution in [0.1, 0.15) is 5.69 Å². The van der Waals surface area contributed by atoms with Crippen LogP contribution >= 0.6 is 46.4 Å². The zero-order valence-electron chi connectivity index (χ0n) is 12.7. The van der Waals surface area contributed by atoms with Crippen molar-refractivity contribution in [2.24, 2.45) is 0 Å². The number of benzene rings is 2. The molecule has 6 heteroatoms. The average molecular weight is 408 g/mol. The number of nitrogens with zero attached hydrogens (tertiary/aromatic N) is 2. The lowest BCUT2D eigenvalue weighted by atomic mass is 10.0. The van der Waals surface area contributed by atoms with Crippen LogP contribution < -0.4 is 0 Å². The molecule has 1 aromatic heterocycles. The molecule has 0 N–H and O–H groups in total. The van der Waals surface area contributed by atoms with Crippen molar-refractivity contribution in [2.45, 2.75) is 6.42 Å². The number of rotatable bonds is 3. The van der Waals surface area contributed by atoms with Crippen LogP contribution in [0.2, 0.25) is 20.1 Å². The molecule has 3 aromatic rings. The molecule has 0 fully saturated rings. The Hall–Kier alpha value is -1.76. The Morgan fingerprint density at radius 2 is 1.28 bits per heavy atom. The lowest BCUT2D eigenvalue weighted by Crippen LogP contribution is -1.97. The predicted molar refractivity (Wildman–Crippen MR) is 104 cm³/mol. The van der Waals surface area contributed by atoms with E-state index >= 15 is 0 Å². The Bertz CT molecular complexity index is 953. The van der Waals surface area contributed by atoms with Crippen LogP contribution in [-0.2, 0) is 6.42 Å². The van der Waals surface area contributed by atoms with E-state index < -0.39 is 0 Å². The summed E-state index contributed by atoms with van der Waals surface area (Å²) >= 11 is 25.2. The van der Waals surface area contributed by atoms with Gasteiger partial charge in [0.15, 0.2) is 0 Å². The second-order valence-corrected chi connectivity index (χ2v) is 6.85. The van der Waals surface area contributed by atoms with E-state index in [1.165, 1.54) is 0 Å². The van der Waals surface area contributed by atoms with E-state index in [9.17, 15) is 5.26 Å². The van der Waals surface area contributed by atoms with Crippen molar-refractivity contribution in [1.29, 1.82) is 5.26 Å². The predicted octanol–water partition coefficient (Wildman–Crippen LogP) is 7.10. The van der Waals surface area contributed by atoms with E-state index in [0.717, 1.165) is 0 Å². The van der Waals surface area contributed by atoms with Crippen LogP contribution in [0.5, 0.6) is 0 Å². The average Bonchev–Trinajstić information content (AvgIpc) is 2.56. The first-order valence-corrected chi connectivity index (χ1v) is 8.79. The molecule has 0 unspecified atom stereocenters. The second-order valence-electron chi connectivity index (χ2n) is 5.22. The molecule has 2 nitrogen and oxygen atoms in total. The summed E-state index contributed by atoms with van der Waals surface area (Å²) in [5.74, 6) is 0. The van der Waals surface area contributed by atoms with Crippen molar-refractivity contribution in [1.82, 2.24) is 4.98 Å². The highest BCUT2D eigenvalue weighted by Gasteiger charge is 2.17. The van der Waals surface area contributed by atoms with E-state index in [1.54, 1.807) is 42.5 Å². The lowest BCUT2D eigenvalue weighted by molar-refractivity contribution is 1.12. The molecule has 0 radical (unpaired) electrons. The number of nitriles is 1.